The molecule has 0 fully saturated rings. The molecule has 9 nitrogen and oxygen atoms in total. The Hall–Kier alpha value is -1.15. The van der Waals surface area contributed by atoms with Crippen LogP contribution in [0.3, 0.4) is 0 Å². The second-order valence-corrected chi connectivity index (χ2v) is 18.1. The van der Waals surface area contributed by atoms with E-state index in [1.807, 2.05) is 27.7 Å². The van der Waals surface area contributed by atoms with Gasteiger partial charge in [-0.15, -0.1) is 0 Å². The van der Waals surface area contributed by atoms with Crippen molar-refractivity contribution in [3.63, 3.8) is 0 Å². The van der Waals surface area contributed by atoms with Crippen molar-refractivity contribution in [3.8, 4) is 0 Å². The van der Waals surface area contributed by atoms with Gasteiger partial charge in [-0.2, -0.15) is 0 Å². The van der Waals surface area contributed by atoms with Crippen LogP contribution in [0.25, 0.3) is 0 Å². The highest BCUT2D eigenvalue weighted by Gasteiger charge is 2.24. The van der Waals surface area contributed by atoms with Gasteiger partial charge in [0, 0.05) is 12.2 Å². The maximum absolute atomic E-state index is 11.6. The van der Waals surface area contributed by atoms with Crippen LogP contribution in [-0.2, 0) is 32.5 Å². The molecule has 0 aromatic carbocycles. The zero-order valence-corrected chi connectivity index (χ0v) is 23.9. The fourth-order valence-electron chi connectivity index (χ4n) is 3.25. The molecule has 0 aromatic rings. The molecule has 0 aromatic heterocycles. The van der Waals surface area contributed by atoms with Gasteiger partial charge in [-0.05, 0) is 78.8 Å². The quantitative estimate of drug-likeness (QED) is 0.137. The van der Waals surface area contributed by atoms with E-state index in [9.17, 15) is 9.59 Å². The topological polar surface area (TPSA) is 98.8 Å². The Morgan fingerprint density at radius 3 is 1.24 bits per heavy atom. The van der Waals surface area contributed by atoms with Gasteiger partial charge in [0.2, 0.25) is 0 Å². The molecule has 0 aliphatic heterocycles. The number of hydrogen-bond acceptors (Lipinski definition) is 9. The molecule has 196 valence electrons. The van der Waals surface area contributed by atoms with E-state index >= 15 is 0 Å². The highest BCUT2D eigenvalue weighted by Crippen LogP contribution is 2.17. The van der Waals surface area contributed by atoms with Gasteiger partial charge in [-0.3, -0.25) is 0 Å². The van der Waals surface area contributed by atoms with E-state index in [1.54, 1.807) is 0 Å². The molecule has 0 spiro atoms. The molecule has 0 heterocycles. The van der Waals surface area contributed by atoms with Crippen LogP contribution in [0, 0.1) is 0 Å². The lowest BCUT2D eigenvalue weighted by atomic mass is 10.5. The van der Waals surface area contributed by atoms with Gasteiger partial charge in [0.05, 0.1) is 26.4 Å². The molecule has 0 aliphatic carbocycles. The van der Waals surface area contributed by atoms with Gasteiger partial charge in [0.25, 0.3) is 0 Å². The van der Waals surface area contributed by atoms with Crippen LogP contribution in [0.4, 0.5) is 9.59 Å². The van der Waals surface area contributed by atoms with Gasteiger partial charge >= 0.3 is 12.3 Å². The molecule has 0 amide bonds. The first-order valence-electron chi connectivity index (χ1n) is 11.9. The van der Waals surface area contributed by atoms with Crippen molar-refractivity contribution >= 4 is 28.9 Å². The summed E-state index contributed by atoms with van der Waals surface area (Å²) >= 11 is 0. The van der Waals surface area contributed by atoms with Crippen LogP contribution >= 0.6 is 0 Å². The van der Waals surface area contributed by atoms with Crippen LogP contribution in [-0.4, -0.2) is 80.8 Å². The van der Waals surface area contributed by atoms with Crippen molar-refractivity contribution in [2.45, 2.75) is 91.0 Å². The van der Waals surface area contributed by atoms with Crippen LogP contribution in [0.5, 0.6) is 0 Å². The lowest BCUT2D eigenvalue weighted by molar-refractivity contribution is 0.00610. The first kappa shape index (κ1) is 31.9. The molecule has 0 atom stereocenters. The Morgan fingerprint density at radius 2 is 0.909 bits per heavy atom. The van der Waals surface area contributed by atoms with Crippen molar-refractivity contribution in [3.05, 3.63) is 0 Å². The van der Waals surface area contributed by atoms with Crippen LogP contribution in [0.2, 0.25) is 38.3 Å². The van der Waals surface area contributed by atoms with E-state index in [4.69, 9.17) is 32.5 Å². The Bertz CT molecular complexity index is 494. The minimum atomic E-state index is -1.71. The van der Waals surface area contributed by atoms with Crippen molar-refractivity contribution < 1.29 is 42.1 Å². The first-order valence-corrected chi connectivity index (χ1v) is 18.1. The third kappa shape index (κ3) is 21.1. The summed E-state index contributed by atoms with van der Waals surface area (Å²) in [7, 11) is -3.43. The summed E-state index contributed by atoms with van der Waals surface area (Å²) in [6.45, 7) is 17.8. The molecule has 0 unspecified atom stereocenters. The number of hydrogen-bond donors (Lipinski definition) is 0. The third-order valence-corrected chi connectivity index (χ3v) is 9.63. The Balaban J connectivity index is 3.59. The summed E-state index contributed by atoms with van der Waals surface area (Å²) in [6, 6.07) is 1.83. The predicted octanol–water partition coefficient (Wildman–Crippen LogP) is 5.35. The summed E-state index contributed by atoms with van der Waals surface area (Å²) in [4.78, 5) is 23.1. The smallest absolute Gasteiger partial charge is 0.434 e. The third-order valence-electron chi connectivity index (χ3n) is 4.29. The van der Waals surface area contributed by atoms with Gasteiger partial charge in [-0.1, -0.05) is 0 Å². The fraction of sp³-hybridized carbons (Fsp3) is 0.909. The number of rotatable bonds is 18. The lowest BCUT2D eigenvalue weighted by Crippen LogP contribution is -2.33. The lowest BCUT2D eigenvalue weighted by Gasteiger charge is -2.25. The minimum absolute atomic E-state index is 0.0676. The van der Waals surface area contributed by atoms with Gasteiger partial charge in [0.15, 0.2) is 16.6 Å². The number of carbonyl (C=O) groups is 2. The summed E-state index contributed by atoms with van der Waals surface area (Å²) in [5.41, 5.74) is 0. The average Bonchev–Trinajstić information content (AvgIpc) is 2.66. The van der Waals surface area contributed by atoms with Crippen LogP contribution < -0.4 is 0 Å². The zero-order chi connectivity index (χ0) is 25.3. The fourth-order valence-corrected chi connectivity index (χ4v) is 8.03. The maximum atomic E-state index is 11.6. The van der Waals surface area contributed by atoms with Gasteiger partial charge in [-0.25, -0.2) is 9.59 Å². The van der Waals surface area contributed by atoms with Gasteiger partial charge < -0.3 is 32.5 Å². The molecule has 0 aliphatic rings. The number of carbonyl (C=O) groups excluding carboxylic acids is 2. The largest absolute Gasteiger partial charge is 0.508 e. The summed E-state index contributed by atoms with van der Waals surface area (Å²) in [5.74, 6) is 0. The van der Waals surface area contributed by atoms with E-state index in [0.29, 0.717) is 13.2 Å². The molecule has 0 radical (unpaired) electrons. The van der Waals surface area contributed by atoms with Crippen molar-refractivity contribution in [1.29, 1.82) is 0 Å². The second kappa shape index (κ2) is 17.3. The standard InChI is InChI=1S/C22H46O9Si2/c1-19(2)30-32(5,6)17-9-11-26-21(23)28-15-13-25-14-16-29-22(24)27-12-10-18-33(7,8)31-20(3)4/h19-20H,9-18H2,1-8H3. The Labute approximate surface area is 202 Å². The Kier molecular flexibility index (Phi) is 16.7. The van der Waals surface area contributed by atoms with Gasteiger partial charge in [0.1, 0.15) is 13.2 Å². The van der Waals surface area contributed by atoms with E-state index in [2.05, 4.69) is 26.2 Å². The molecule has 0 N–H and O–H groups in total. The molecular weight excluding hydrogens is 464 g/mol. The highest BCUT2D eigenvalue weighted by atomic mass is 28.4. The van der Waals surface area contributed by atoms with E-state index in [0.717, 1.165) is 24.9 Å². The van der Waals surface area contributed by atoms with Crippen molar-refractivity contribution in [2.24, 2.45) is 0 Å². The number of ether oxygens (including phenoxy) is 5. The first-order chi connectivity index (χ1) is 15.3. The zero-order valence-electron chi connectivity index (χ0n) is 21.9. The minimum Gasteiger partial charge on any atom is -0.434 e. The molecule has 33 heavy (non-hydrogen) atoms. The Morgan fingerprint density at radius 1 is 0.576 bits per heavy atom. The molecule has 11 heteroatoms. The summed E-state index contributed by atoms with van der Waals surface area (Å²) in [5, 5.41) is 0. The summed E-state index contributed by atoms with van der Waals surface area (Å²) in [6.07, 6.45) is 0.484. The van der Waals surface area contributed by atoms with E-state index < -0.39 is 28.9 Å². The second-order valence-electron chi connectivity index (χ2n) is 9.57. The average molecular weight is 511 g/mol. The summed E-state index contributed by atoms with van der Waals surface area (Å²) < 4.78 is 37.1. The maximum Gasteiger partial charge on any atom is 0.508 e. The van der Waals surface area contributed by atoms with E-state index in [1.165, 1.54) is 0 Å². The van der Waals surface area contributed by atoms with Crippen molar-refractivity contribution in [1.82, 2.24) is 0 Å². The molecular formula is C22H46O9Si2. The van der Waals surface area contributed by atoms with E-state index in [-0.39, 0.29) is 38.6 Å². The van der Waals surface area contributed by atoms with Crippen LogP contribution in [0.1, 0.15) is 40.5 Å². The molecule has 0 rings (SSSR count). The monoisotopic (exact) mass is 510 g/mol. The van der Waals surface area contributed by atoms with Crippen molar-refractivity contribution in [2.75, 3.05) is 39.6 Å². The molecule has 0 saturated heterocycles. The highest BCUT2D eigenvalue weighted by molar-refractivity contribution is 6.71. The predicted molar refractivity (Wildman–Crippen MR) is 132 cm³/mol. The van der Waals surface area contributed by atoms with Crippen LogP contribution in [0.15, 0.2) is 0 Å². The SMILES string of the molecule is CC(C)O[Si](C)(C)CCCOC(=O)OCCOCCOC(=O)OCCC[Si](C)(C)OC(C)C. The molecule has 0 bridgehead atoms. The normalized spacial score (nSPS) is 12.2. The molecule has 0 saturated carbocycles.